The van der Waals surface area contributed by atoms with Crippen molar-refractivity contribution in [1.29, 1.82) is 0 Å². The van der Waals surface area contributed by atoms with Gasteiger partial charge in [0.15, 0.2) is 0 Å². The Hall–Kier alpha value is -1.02. The number of rotatable bonds is 2. The van der Waals surface area contributed by atoms with Crippen LogP contribution in [0, 0.1) is 0 Å². The lowest BCUT2D eigenvalue weighted by Crippen LogP contribution is -2.44. The molecule has 2 rings (SSSR count). The van der Waals surface area contributed by atoms with Crippen molar-refractivity contribution < 1.29 is 22.2 Å². The fraction of sp³-hybridized carbons (Fsp3) is 0.800. The Morgan fingerprint density at radius 1 is 1.26 bits per heavy atom. The summed E-state index contributed by atoms with van der Waals surface area (Å²) in [4.78, 5) is 13.6. The van der Waals surface area contributed by atoms with Gasteiger partial charge in [0.05, 0.1) is 6.26 Å². The molecule has 2 atom stereocenters. The Balaban J connectivity index is 1.94. The maximum atomic E-state index is 11.9. The number of halogens is 1. The van der Waals surface area contributed by atoms with E-state index in [4.69, 9.17) is 16.3 Å². The number of carbonyl (C=O) groups excluding carboxylic acids is 1. The number of amides is 1. The normalized spacial score (nSPS) is 27.3. The summed E-state index contributed by atoms with van der Waals surface area (Å²) in [7, 11) is -3.77. The fourth-order valence-corrected chi connectivity index (χ4v) is 3.00. The Morgan fingerprint density at radius 3 is 2.37 bits per heavy atom. The van der Waals surface area contributed by atoms with Crippen LogP contribution >= 0.6 is 11.6 Å². The summed E-state index contributed by atoms with van der Waals surface area (Å²) < 4.78 is 30.3. The smallest absolute Gasteiger partial charge is 0.378 e. The third kappa shape index (κ3) is 3.73. The monoisotopic (exact) mass is 310 g/mol. The molecule has 0 aromatic heterocycles. The van der Waals surface area contributed by atoms with Crippen LogP contribution in [0.4, 0.5) is 4.79 Å². The van der Waals surface area contributed by atoms with Gasteiger partial charge in [-0.25, -0.2) is 4.79 Å². The molecule has 0 N–H and O–H groups in total. The molecule has 0 aromatic carbocycles. The number of hydrogen-bond acceptors (Lipinski definition) is 6. The van der Waals surface area contributed by atoms with E-state index in [1.165, 1.54) is 0 Å². The van der Waals surface area contributed by atoms with Crippen LogP contribution < -0.4 is 0 Å². The van der Waals surface area contributed by atoms with Crippen molar-refractivity contribution in [2.45, 2.75) is 44.2 Å². The largest absolute Gasteiger partial charge is 0.417 e. The van der Waals surface area contributed by atoms with Gasteiger partial charge in [0.25, 0.3) is 0 Å². The lowest BCUT2D eigenvalue weighted by Gasteiger charge is -2.33. The quantitative estimate of drug-likeness (QED) is 0.439. The zero-order valence-corrected chi connectivity index (χ0v) is 12.0. The molecule has 19 heavy (non-hydrogen) atoms. The number of piperidine rings is 1. The average molecular weight is 311 g/mol. The third-order valence-corrected chi connectivity index (χ3v) is 3.81. The van der Waals surface area contributed by atoms with E-state index in [0.717, 1.165) is 38.4 Å². The van der Waals surface area contributed by atoms with Crippen LogP contribution in [-0.2, 0) is 19.1 Å². The molecule has 2 aliphatic rings. The van der Waals surface area contributed by atoms with Gasteiger partial charge in [-0.2, -0.15) is 8.42 Å². The minimum atomic E-state index is -3.77. The first-order chi connectivity index (χ1) is 8.87. The zero-order valence-electron chi connectivity index (χ0n) is 10.4. The molecule has 2 aliphatic heterocycles. The molecule has 2 heterocycles. The summed E-state index contributed by atoms with van der Waals surface area (Å²) in [6.07, 6.45) is 5.17. The highest BCUT2D eigenvalue weighted by atomic mass is 35.5. The second-order valence-electron chi connectivity index (χ2n) is 4.71. The van der Waals surface area contributed by atoms with E-state index in [2.05, 4.69) is 9.44 Å². The Kier molecular flexibility index (Phi) is 4.19. The van der Waals surface area contributed by atoms with E-state index < -0.39 is 21.6 Å². The van der Waals surface area contributed by atoms with Crippen molar-refractivity contribution in [2.75, 3.05) is 6.26 Å². The number of oxime groups is 1. The summed E-state index contributed by atoms with van der Waals surface area (Å²) in [6.45, 7) is 0. The minimum absolute atomic E-state index is 0.187. The number of carbonyl (C=O) groups is 1. The molecule has 7 nitrogen and oxygen atoms in total. The van der Waals surface area contributed by atoms with E-state index in [-0.39, 0.29) is 12.1 Å². The minimum Gasteiger partial charge on any atom is -0.378 e. The molecule has 9 heteroatoms. The topological polar surface area (TPSA) is 85.3 Å². The molecule has 2 bridgehead atoms. The van der Waals surface area contributed by atoms with Crippen molar-refractivity contribution in [3.05, 3.63) is 0 Å². The van der Waals surface area contributed by atoms with E-state index in [9.17, 15) is 13.2 Å². The summed E-state index contributed by atoms with van der Waals surface area (Å²) >= 11 is 5.51. The summed E-state index contributed by atoms with van der Waals surface area (Å²) in [6, 6.07) is 0.373. The van der Waals surface area contributed by atoms with Crippen molar-refractivity contribution >= 4 is 33.2 Å². The molecule has 2 saturated heterocycles. The molecule has 2 unspecified atom stereocenters. The lowest BCUT2D eigenvalue weighted by atomic mass is 10.0. The van der Waals surface area contributed by atoms with Gasteiger partial charge in [0.1, 0.15) is 0 Å². The number of hydrogen-bond donors (Lipinski definition) is 0. The molecular formula is C10H15ClN2O5S. The van der Waals surface area contributed by atoms with Crippen molar-refractivity contribution in [1.82, 2.24) is 4.90 Å². The van der Waals surface area contributed by atoms with Gasteiger partial charge >= 0.3 is 21.6 Å². The van der Waals surface area contributed by atoms with E-state index in [1.54, 1.807) is 4.90 Å². The van der Waals surface area contributed by atoms with Crippen LogP contribution in [0.2, 0.25) is 0 Å². The number of fused-ring (bicyclic) bond motifs is 2. The average Bonchev–Trinajstić information content (AvgIpc) is 2.56. The maximum absolute atomic E-state index is 11.9. The molecule has 2 fully saturated rings. The molecular weight excluding hydrogens is 296 g/mol. The molecule has 108 valence electrons. The Labute approximate surface area is 116 Å². The highest BCUT2D eigenvalue weighted by Gasteiger charge is 2.40. The third-order valence-electron chi connectivity index (χ3n) is 3.32. The number of nitrogens with zero attached hydrogens (tertiary/aromatic N) is 2. The van der Waals surface area contributed by atoms with Gasteiger partial charge in [-0.05, 0) is 48.9 Å². The fourth-order valence-electron chi connectivity index (χ4n) is 2.66. The lowest BCUT2D eigenvalue weighted by molar-refractivity contribution is 0.106. The second-order valence-corrected chi connectivity index (χ2v) is 6.59. The van der Waals surface area contributed by atoms with Crippen molar-refractivity contribution in [3.8, 4) is 0 Å². The molecule has 0 aromatic rings. The van der Waals surface area contributed by atoms with E-state index in [1.807, 2.05) is 0 Å². The maximum Gasteiger partial charge on any atom is 0.417 e. The summed E-state index contributed by atoms with van der Waals surface area (Å²) in [5.74, 6) is 0. The van der Waals surface area contributed by atoms with Gasteiger partial charge < -0.3 is 9.64 Å². The van der Waals surface area contributed by atoms with Crippen LogP contribution in [0.3, 0.4) is 0 Å². The van der Waals surface area contributed by atoms with Crippen molar-refractivity contribution in [2.24, 2.45) is 5.16 Å². The second kappa shape index (κ2) is 5.54. The molecule has 0 saturated carbocycles. The first kappa shape index (κ1) is 14.4. The van der Waals surface area contributed by atoms with Crippen LogP contribution in [0.5, 0.6) is 0 Å². The molecule has 0 spiro atoms. The highest BCUT2D eigenvalue weighted by molar-refractivity contribution is 7.85. The van der Waals surface area contributed by atoms with Gasteiger partial charge in [0.2, 0.25) is 0 Å². The first-order valence-electron chi connectivity index (χ1n) is 5.99. The van der Waals surface area contributed by atoms with Crippen LogP contribution in [-0.4, -0.2) is 43.1 Å². The van der Waals surface area contributed by atoms with Crippen LogP contribution in [0.1, 0.15) is 32.1 Å². The highest BCUT2D eigenvalue weighted by Crippen LogP contribution is 2.35. The summed E-state index contributed by atoms with van der Waals surface area (Å²) in [5, 5.41) is 2.39. The SMILES string of the molecule is CS(=O)(=O)ON=C(Cl)OC(=O)N1C2CCCC1CC2. The van der Waals surface area contributed by atoms with E-state index in [0.29, 0.717) is 0 Å². The number of ether oxygens (including phenoxy) is 1. The van der Waals surface area contributed by atoms with E-state index >= 15 is 0 Å². The van der Waals surface area contributed by atoms with Gasteiger partial charge in [-0.15, -0.1) is 0 Å². The van der Waals surface area contributed by atoms with Gasteiger partial charge in [-0.1, -0.05) is 0 Å². The summed E-state index contributed by atoms with van der Waals surface area (Å²) in [5.41, 5.74) is 0. The standard InChI is InChI=1S/C10H15ClN2O5S/c1-19(15,16)18-12-9(11)17-10(14)13-7-3-2-4-8(13)6-5-7/h7-8H,2-6H2,1H3. The zero-order chi connectivity index (χ0) is 14.0. The van der Waals surface area contributed by atoms with Crippen molar-refractivity contribution in [3.63, 3.8) is 0 Å². The van der Waals surface area contributed by atoms with Gasteiger partial charge in [-0.3, -0.25) is 4.28 Å². The van der Waals surface area contributed by atoms with Crippen LogP contribution in [0.15, 0.2) is 5.16 Å². The van der Waals surface area contributed by atoms with Crippen LogP contribution in [0.25, 0.3) is 0 Å². The molecule has 0 aliphatic carbocycles. The predicted octanol–water partition coefficient (Wildman–Crippen LogP) is 1.63. The first-order valence-corrected chi connectivity index (χ1v) is 8.18. The predicted molar refractivity (Wildman–Crippen MR) is 68.2 cm³/mol. The molecule has 0 radical (unpaired) electrons. The Morgan fingerprint density at radius 2 is 1.84 bits per heavy atom. The molecule has 1 amide bonds. The Bertz CT molecular complexity index is 476. The van der Waals surface area contributed by atoms with Gasteiger partial charge in [0, 0.05) is 12.1 Å².